The number of halogens is 4. The molecule has 0 bridgehead atoms. The van der Waals surface area contributed by atoms with E-state index in [-0.39, 0.29) is 11.5 Å². The van der Waals surface area contributed by atoms with Crippen LogP contribution in [0.4, 0.5) is 29.2 Å². The second kappa shape index (κ2) is 7.92. The average Bonchev–Trinajstić information content (AvgIpc) is 2.74. The van der Waals surface area contributed by atoms with Gasteiger partial charge >= 0.3 is 6.18 Å². The number of rotatable bonds is 3. The molecule has 0 aliphatic carbocycles. The summed E-state index contributed by atoms with van der Waals surface area (Å²) in [5.74, 6) is -1.55. The Kier molecular flexibility index (Phi) is 5.25. The van der Waals surface area contributed by atoms with E-state index in [1.54, 1.807) is 24.4 Å². The van der Waals surface area contributed by atoms with E-state index in [2.05, 4.69) is 15.3 Å². The number of fused-ring (bicyclic) bond motifs is 1. The zero-order valence-electron chi connectivity index (χ0n) is 16.7. The molecule has 4 rings (SSSR count). The summed E-state index contributed by atoms with van der Waals surface area (Å²) >= 11 is 0. The number of nitrogens with zero attached hydrogens (tertiary/aromatic N) is 2. The summed E-state index contributed by atoms with van der Waals surface area (Å²) in [5.41, 5.74) is 7.19. The molecule has 0 fully saturated rings. The number of carbonyl (C=O) groups is 1. The quantitative estimate of drug-likeness (QED) is 0.407. The minimum Gasteiger partial charge on any atom is -0.368 e. The smallest absolute Gasteiger partial charge is 0.368 e. The van der Waals surface area contributed by atoms with Crippen molar-refractivity contribution < 1.29 is 22.4 Å². The molecule has 1 heterocycles. The third-order valence-electron chi connectivity index (χ3n) is 4.95. The Bertz CT molecular complexity index is 1350. The van der Waals surface area contributed by atoms with Gasteiger partial charge in [-0.2, -0.15) is 13.2 Å². The molecule has 5 nitrogen and oxygen atoms in total. The second-order valence-electron chi connectivity index (χ2n) is 7.18. The van der Waals surface area contributed by atoms with Crippen molar-refractivity contribution in [3.8, 4) is 11.1 Å². The molecule has 3 aromatic carbocycles. The lowest BCUT2D eigenvalue weighted by molar-refractivity contribution is -0.137. The molecule has 0 atom stereocenters. The SMILES string of the molecule is Cc1ccc(C(=O)Nc2cc(C(F)(F)F)ccc2F)cc1-c1ccc2nc(N)ncc2c1. The van der Waals surface area contributed by atoms with E-state index < -0.39 is 29.2 Å². The number of amides is 1. The molecule has 9 heteroatoms. The van der Waals surface area contributed by atoms with Crippen LogP contribution in [0.2, 0.25) is 0 Å². The van der Waals surface area contributed by atoms with Gasteiger partial charge in [-0.1, -0.05) is 12.1 Å². The number of nitrogens with two attached hydrogens (primary N) is 1. The maximum Gasteiger partial charge on any atom is 0.416 e. The topological polar surface area (TPSA) is 80.9 Å². The van der Waals surface area contributed by atoms with Gasteiger partial charge in [0.1, 0.15) is 5.82 Å². The minimum absolute atomic E-state index is 0.155. The Hall–Kier alpha value is -4.01. The molecular formula is C23H16F4N4O. The van der Waals surface area contributed by atoms with E-state index in [4.69, 9.17) is 5.73 Å². The third kappa shape index (κ3) is 4.22. The van der Waals surface area contributed by atoms with Gasteiger partial charge in [0, 0.05) is 17.1 Å². The van der Waals surface area contributed by atoms with Crippen molar-refractivity contribution in [3.63, 3.8) is 0 Å². The maximum absolute atomic E-state index is 14.0. The van der Waals surface area contributed by atoms with Gasteiger partial charge in [0.15, 0.2) is 0 Å². The monoisotopic (exact) mass is 440 g/mol. The van der Waals surface area contributed by atoms with Crippen molar-refractivity contribution in [2.24, 2.45) is 0 Å². The molecule has 1 aromatic heterocycles. The molecule has 3 N–H and O–H groups in total. The molecule has 0 spiro atoms. The lowest BCUT2D eigenvalue weighted by atomic mass is 9.97. The van der Waals surface area contributed by atoms with Gasteiger partial charge in [-0.05, 0) is 66.1 Å². The van der Waals surface area contributed by atoms with Crippen LogP contribution in [0.1, 0.15) is 21.5 Å². The summed E-state index contributed by atoms with van der Waals surface area (Å²) in [7, 11) is 0. The van der Waals surface area contributed by atoms with Gasteiger partial charge in [0.05, 0.1) is 16.8 Å². The molecule has 32 heavy (non-hydrogen) atoms. The van der Waals surface area contributed by atoms with Crippen molar-refractivity contribution >= 4 is 28.4 Å². The molecule has 0 aliphatic rings. The molecule has 1 amide bonds. The van der Waals surface area contributed by atoms with Crippen LogP contribution in [0.3, 0.4) is 0 Å². The van der Waals surface area contributed by atoms with E-state index in [0.29, 0.717) is 23.7 Å². The second-order valence-corrected chi connectivity index (χ2v) is 7.18. The summed E-state index contributed by atoms with van der Waals surface area (Å²) in [4.78, 5) is 20.8. The number of hydrogen-bond acceptors (Lipinski definition) is 4. The zero-order valence-corrected chi connectivity index (χ0v) is 16.7. The standard InChI is InChI=1S/C23H16F4N4O/c1-12-2-3-14(21(32)30-20-10-16(23(25,26)27)5-6-18(20)24)9-17(12)13-4-7-19-15(8-13)11-29-22(28)31-19/h2-11H,1H3,(H,30,32)(H2,28,29,31). The van der Waals surface area contributed by atoms with E-state index in [1.807, 2.05) is 19.1 Å². The lowest BCUT2D eigenvalue weighted by Crippen LogP contribution is -2.14. The molecule has 0 saturated carbocycles. The van der Waals surface area contributed by atoms with Crippen LogP contribution < -0.4 is 11.1 Å². The van der Waals surface area contributed by atoms with Gasteiger partial charge in [0.2, 0.25) is 5.95 Å². The number of aromatic nitrogens is 2. The average molecular weight is 440 g/mol. The Morgan fingerprint density at radius 2 is 1.81 bits per heavy atom. The molecule has 0 saturated heterocycles. The number of benzene rings is 3. The van der Waals surface area contributed by atoms with Crippen LogP contribution in [-0.2, 0) is 6.18 Å². The van der Waals surface area contributed by atoms with Crippen molar-refractivity contribution in [2.75, 3.05) is 11.1 Å². The Morgan fingerprint density at radius 1 is 1.03 bits per heavy atom. The summed E-state index contributed by atoms with van der Waals surface area (Å²) < 4.78 is 52.8. The van der Waals surface area contributed by atoms with E-state index in [1.165, 1.54) is 6.07 Å². The fourth-order valence-corrected chi connectivity index (χ4v) is 3.28. The highest BCUT2D eigenvalue weighted by molar-refractivity contribution is 6.05. The number of hydrogen-bond donors (Lipinski definition) is 2. The summed E-state index contributed by atoms with van der Waals surface area (Å²) in [6.07, 6.45) is -3.07. The first kappa shape index (κ1) is 21.2. The van der Waals surface area contributed by atoms with Crippen molar-refractivity contribution in [1.82, 2.24) is 9.97 Å². The van der Waals surface area contributed by atoms with Crippen molar-refractivity contribution in [3.05, 3.63) is 83.3 Å². The van der Waals surface area contributed by atoms with Crippen LogP contribution in [-0.4, -0.2) is 15.9 Å². The fraction of sp³-hybridized carbons (Fsp3) is 0.0870. The summed E-state index contributed by atoms with van der Waals surface area (Å²) in [6.45, 7) is 1.85. The molecule has 0 aliphatic heterocycles. The van der Waals surface area contributed by atoms with E-state index in [0.717, 1.165) is 22.1 Å². The third-order valence-corrected chi connectivity index (χ3v) is 4.95. The fourth-order valence-electron chi connectivity index (χ4n) is 3.28. The minimum atomic E-state index is -4.66. The summed E-state index contributed by atoms with van der Waals surface area (Å²) in [6, 6.07) is 12.1. The normalized spacial score (nSPS) is 11.5. The maximum atomic E-state index is 14.0. The van der Waals surface area contributed by atoms with Crippen LogP contribution >= 0.6 is 0 Å². The Morgan fingerprint density at radius 3 is 2.56 bits per heavy atom. The Balaban J connectivity index is 1.67. The first-order valence-electron chi connectivity index (χ1n) is 9.43. The highest BCUT2D eigenvalue weighted by Gasteiger charge is 2.31. The number of nitrogens with one attached hydrogen (secondary N) is 1. The van der Waals surface area contributed by atoms with Gasteiger partial charge in [-0.3, -0.25) is 4.79 Å². The van der Waals surface area contributed by atoms with Crippen molar-refractivity contribution in [1.29, 1.82) is 0 Å². The molecule has 4 aromatic rings. The van der Waals surface area contributed by atoms with Crippen LogP contribution in [0.25, 0.3) is 22.0 Å². The zero-order chi connectivity index (χ0) is 23.0. The van der Waals surface area contributed by atoms with Gasteiger partial charge < -0.3 is 11.1 Å². The highest BCUT2D eigenvalue weighted by atomic mass is 19.4. The Labute approximate surface area is 179 Å². The van der Waals surface area contributed by atoms with Gasteiger partial charge in [-0.25, -0.2) is 14.4 Å². The molecule has 0 unspecified atom stereocenters. The van der Waals surface area contributed by atoms with Crippen LogP contribution in [0, 0.1) is 12.7 Å². The molecule has 162 valence electrons. The number of alkyl halides is 3. The first-order chi connectivity index (χ1) is 15.1. The lowest BCUT2D eigenvalue weighted by Gasteiger charge is -2.13. The number of carbonyl (C=O) groups excluding carboxylic acids is 1. The predicted octanol–water partition coefficient (Wildman–Crippen LogP) is 5.60. The van der Waals surface area contributed by atoms with Crippen molar-refractivity contribution in [2.45, 2.75) is 13.1 Å². The largest absolute Gasteiger partial charge is 0.416 e. The first-order valence-corrected chi connectivity index (χ1v) is 9.43. The highest BCUT2D eigenvalue weighted by Crippen LogP contribution is 2.32. The molecular weight excluding hydrogens is 424 g/mol. The van der Waals surface area contributed by atoms with Crippen LogP contribution in [0.15, 0.2) is 60.8 Å². The van der Waals surface area contributed by atoms with E-state index in [9.17, 15) is 22.4 Å². The number of aryl methyl sites for hydroxylation is 1. The van der Waals surface area contributed by atoms with Gasteiger partial charge in [0.25, 0.3) is 5.91 Å². The molecule has 0 radical (unpaired) electrons. The van der Waals surface area contributed by atoms with Gasteiger partial charge in [-0.15, -0.1) is 0 Å². The number of nitrogen functional groups attached to an aromatic ring is 1. The van der Waals surface area contributed by atoms with Crippen LogP contribution in [0.5, 0.6) is 0 Å². The summed E-state index contributed by atoms with van der Waals surface area (Å²) in [5, 5.41) is 2.97. The predicted molar refractivity (Wildman–Crippen MR) is 113 cm³/mol. The van der Waals surface area contributed by atoms with E-state index >= 15 is 0 Å². The number of anilines is 2.